The highest BCUT2D eigenvalue weighted by Crippen LogP contribution is 2.11. The molecule has 0 aliphatic carbocycles. The zero-order valence-corrected chi connectivity index (χ0v) is 10.4. The molecule has 0 saturated carbocycles. The van der Waals surface area contributed by atoms with Crippen molar-refractivity contribution in [2.24, 2.45) is 5.92 Å². The monoisotopic (exact) mass is 231 g/mol. The maximum Gasteiger partial charge on any atom is 0.306 e. The summed E-state index contributed by atoms with van der Waals surface area (Å²) in [5, 5.41) is 10.4. The topological polar surface area (TPSA) is 40.5 Å². The fraction of sp³-hybridized carbons (Fsp3) is 0.818. The Hall–Kier alpha value is -0.480. The molecule has 4 heteroatoms. The first-order valence-corrected chi connectivity index (χ1v) is 6.01. The lowest BCUT2D eigenvalue weighted by Crippen LogP contribution is -2.25. The molecule has 0 radical (unpaired) electrons. The van der Waals surface area contributed by atoms with Crippen LogP contribution in [0.15, 0.2) is 0 Å². The van der Waals surface area contributed by atoms with Crippen LogP contribution >= 0.6 is 12.2 Å². The average Bonchev–Trinajstić information content (AvgIpc) is 2.22. The van der Waals surface area contributed by atoms with Crippen molar-refractivity contribution in [2.45, 2.75) is 33.1 Å². The maximum atomic E-state index is 10.8. The van der Waals surface area contributed by atoms with Crippen LogP contribution in [0.3, 0.4) is 0 Å². The molecule has 0 rings (SSSR count). The number of rotatable bonds is 9. The molecule has 0 bridgehead atoms. The number of hydrogen-bond acceptors (Lipinski definition) is 3. The van der Waals surface area contributed by atoms with Crippen LogP contribution in [0.2, 0.25) is 0 Å². The molecule has 0 aromatic carbocycles. The normalized spacial score (nSPS) is 12.7. The Kier molecular flexibility index (Phi) is 8.52. The van der Waals surface area contributed by atoms with Gasteiger partial charge in [-0.15, -0.1) is 0 Å². The Balaban J connectivity index is 3.79. The second-order valence-electron chi connectivity index (χ2n) is 3.61. The summed E-state index contributed by atoms with van der Waals surface area (Å²) in [6.45, 7) is 7.28. The van der Waals surface area contributed by atoms with Crippen molar-refractivity contribution in [3.05, 3.63) is 0 Å². The zero-order chi connectivity index (χ0) is 11.7. The van der Waals surface area contributed by atoms with Gasteiger partial charge in [-0.2, -0.15) is 0 Å². The first-order valence-electron chi connectivity index (χ1n) is 5.54. The lowest BCUT2D eigenvalue weighted by Gasteiger charge is -2.18. The number of hydrogen-bond donors (Lipinski definition) is 1. The van der Waals surface area contributed by atoms with E-state index in [1.54, 1.807) is 0 Å². The quantitative estimate of drug-likeness (QED) is 0.618. The fourth-order valence-electron chi connectivity index (χ4n) is 1.56. The zero-order valence-electron chi connectivity index (χ0n) is 9.61. The largest absolute Gasteiger partial charge is 0.481 e. The van der Waals surface area contributed by atoms with E-state index in [-0.39, 0.29) is 5.92 Å². The summed E-state index contributed by atoms with van der Waals surface area (Å²) in [6.07, 6.45) is 2.16. The van der Waals surface area contributed by atoms with Gasteiger partial charge < -0.3 is 10.0 Å². The summed E-state index contributed by atoms with van der Waals surface area (Å²) in [5.41, 5.74) is 0. The van der Waals surface area contributed by atoms with Crippen molar-refractivity contribution in [3.8, 4) is 0 Å². The van der Waals surface area contributed by atoms with Gasteiger partial charge in [0.25, 0.3) is 0 Å². The average molecular weight is 231 g/mol. The Bertz CT molecular complexity index is 193. The molecule has 1 N–H and O–H groups in total. The van der Waals surface area contributed by atoms with Crippen molar-refractivity contribution in [3.63, 3.8) is 0 Å². The van der Waals surface area contributed by atoms with Crippen LogP contribution in [-0.2, 0) is 4.79 Å². The third-order valence-electron chi connectivity index (χ3n) is 2.65. The molecule has 0 saturated heterocycles. The highest BCUT2D eigenvalue weighted by atomic mass is 32.1. The Morgan fingerprint density at radius 3 is 2.47 bits per heavy atom. The van der Waals surface area contributed by atoms with Gasteiger partial charge in [-0.1, -0.05) is 26.1 Å². The van der Waals surface area contributed by atoms with E-state index in [9.17, 15) is 4.79 Å². The first-order chi connectivity index (χ1) is 7.15. The molecular formula is C11H21NO2S. The van der Waals surface area contributed by atoms with E-state index in [4.69, 9.17) is 17.3 Å². The lowest BCUT2D eigenvalue weighted by atomic mass is 10.0. The van der Waals surface area contributed by atoms with Crippen molar-refractivity contribution >= 4 is 23.6 Å². The molecule has 0 aliphatic rings. The van der Waals surface area contributed by atoms with E-state index >= 15 is 0 Å². The van der Waals surface area contributed by atoms with Crippen molar-refractivity contribution in [1.82, 2.24) is 4.90 Å². The minimum absolute atomic E-state index is 0.293. The van der Waals surface area contributed by atoms with Gasteiger partial charge in [-0.3, -0.25) is 4.79 Å². The van der Waals surface area contributed by atoms with Gasteiger partial charge in [0.05, 0.1) is 5.92 Å². The van der Waals surface area contributed by atoms with Crippen LogP contribution in [0.1, 0.15) is 33.1 Å². The molecular weight excluding hydrogens is 210 g/mol. The molecule has 15 heavy (non-hydrogen) atoms. The molecule has 0 fully saturated rings. The number of carbonyl (C=O) groups is 1. The van der Waals surface area contributed by atoms with Crippen LogP contribution in [0, 0.1) is 5.92 Å². The van der Waals surface area contributed by atoms with Crippen molar-refractivity contribution < 1.29 is 9.90 Å². The summed E-state index contributed by atoms with van der Waals surface area (Å²) in [4.78, 5) is 13.1. The molecule has 0 unspecified atom stereocenters. The van der Waals surface area contributed by atoms with E-state index in [1.165, 1.54) is 5.37 Å². The number of carboxylic acid groups (broad SMARTS) is 1. The number of carboxylic acids is 1. The predicted octanol–water partition coefficient (Wildman–Crippen LogP) is 2.20. The van der Waals surface area contributed by atoms with Crippen LogP contribution in [-0.4, -0.2) is 41.0 Å². The predicted molar refractivity (Wildman–Crippen MR) is 66.4 cm³/mol. The Labute approximate surface area is 97.5 Å². The van der Waals surface area contributed by atoms with Gasteiger partial charge in [0.15, 0.2) is 0 Å². The van der Waals surface area contributed by atoms with Gasteiger partial charge in [-0.05, 0) is 44.3 Å². The lowest BCUT2D eigenvalue weighted by molar-refractivity contribution is -0.141. The third-order valence-corrected chi connectivity index (χ3v) is 2.84. The number of nitrogens with zero attached hydrogens (tertiary/aromatic N) is 1. The highest BCUT2D eigenvalue weighted by Gasteiger charge is 2.15. The van der Waals surface area contributed by atoms with Gasteiger partial charge in [0, 0.05) is 0 Å². The molecule has 0 amide bonds. The van der Waals surface area contributed by atoms with Crippen LogP contribution in [0.4, 0.5) is 0 Å². The third kappa shape index (κ3) is 6.57. The molecule has 0 aliphatic heterocycles. The van der Waals surface area contributed by atoms with Crippen molar-refractivity contribution in [2.75, 3.05) is 19.6 Å². The summed E-state index contributed by atoms with van der Waals surface area (Å²) >= 11 is 4.70. The summed E-state index contributed by atoms with van der Waals surface area (Å²) in [7, 11) is 0. The molecule has 88 valence electrons. The SMILES string of the molecule is CCN(CC)CCC[C@H](CC=S)C(=O)O. The summed E-state index contributed by atoms with van der Waals surface area (Å²) in [6, 6.07) is 0. The molecule has 0 spiro atoms. The minimum atomic E-state index is -0.726. The number of aliphatic carboxylic acids is 1. The second kappa shape index (κ2) is 8.80. The van der Waals surface area contributed by atoms with E-state index in [2.05, 4.69) is 18.7 Å². The molecule has 0 aromatic rings. The van der Waals surface area contributed by atoms with E-state index in [1.807, 2.05) is 0 Å². The van der Waals surface area contributed by atoms with Crippen molar-refractivity contribution in [1.29, 1.82) is 0 Å². The van der Waals surface area contributed by atoms with E-state index < -0.39 is 5.97 Å². The highest BCUT2D eigenvalue weighted by molar-refractivity contribution is 7.78. The Morgan fingerprint density at radius 2 is 2.07 bits per heavy atom. The molecule has 1 atom stereocenters. The summed E-state index contributed by atoms with van der Waals surface area (Å²) in [5.74, 6) is -1.02. The van der Waals surface area contributed by atoms with Crippen LogP contribution in [0.5, 0.6) is 0 Å². The van der Waals surface area contributed by atoms with Gasteiger partial charge in [0.2, 0.25) is 0 Å². The van der Waals surface area contributed by atoms with E-state index in [0.717, 1.165) is 32.5 Å². The molecule has 0 heterocycles. The van der Waals surface area contributed by atoms with E-state index in [0.29, 0.717) is 6.42 Å². The van der Waals surface area contributed by atoms with Gasteiger partial charge >= 0.3 is 5.97 Å². The second-order valence-corrected chi connectivity index (χ2v) is 3.94. The smallest absolute Gasteiger partial charge is 0.306 e. The minimum Gasteiger partial charge on any atom is -0.481 e. The van der Waals surface area contributed by atoms with Gasteiger partial charge in [0.1, 0.15) is 0 Å². The Morgan fingerprint density at radius 1 is 1.47 bits per heavy atom. The standard InChI is InChI=1S/C11H21NO2S/c1-3-12(4-2)8-5-6-10(7-9-15)11(13)14/h9-10H,3-8H2,1-2H3,(H,13,14)/t10-/m1/s1. The molecule has 3 nitrogen and oxygen atoms in total. The number of thiocarbonyl (C=S) groups is 1. The van der Waals surface area contributed by atoms with Gasteiger partial charge in [-0.25, -0.2) is 0 Å². The summed E-state index contributed by atoms with van der Waals surface area (Å²) < 4.78 is 0. The molecule has 0 aromatic heterocycles. The van der Waals surface area contributed by atoms with Crippen LogP contribution < -0.4 is 0 Å². The fourth-order valence-corrected chi connectivity index (χ4v) is 1.79. The maximum absolute atomic E-state index is 10.8. The first kappa shape index (κ1) is 14.5. The van der Waals surface area contributed by atoms with Crippen LogP contribution in [0.25, 0.3) is 0 Å².